The second-order valence-electron chi connectivity index (χ2n) is 5.28. The second-order valence-corrected chi connectivity index (χ2v) is 6.14. The van der Waals surface area contributed by atoms with Crippen molar-refractivity contribution in [2.75, 3.05) is 7.11 Å². The Balaban J connectivity index is 1.97. The molecule has 106 valence electrons. The minimum Gasteiger partial charge on any atom is -0.497 e. The molecule has 1 aliphatic rings. The van der Waals surface area contributed by atoms with Crippen molar-refractivity contribution in [3.8, 4) is 5.75 Å². The second kappa shape index (κ2) is 6.73. The summed E-state index contributed by atoms with van der Waals surface area (Å²) in [6.45, 7) is 2.18. The van der Waals surface area contributed by atoms with Gasteiger partial charge in [0.2, 0.25) is 0 Å². The Morgan fingerprint density at radius 3 is 2.58 bits per heavy atom. The number of rotatable bonds is 4. The lowest BCUT2D eigenvalue weighted by molar-refractivity contribution is 0.114. The molecule has 0 aliphatic heterocycles. The van der Waals surface area contributed by atoms with E-state index in [0.717, 1.165) is 35.9 Å². The minimum absolute atomic E-state index is 0.0962. The number of aliphatic hydroxyl groups excluding tert-OH is 1. The first kappa shape index (κ1) is 14.8. The monoisotopic (exact) mass is 327 g/mol. The molecule has 2 N–H and O–H groups in total. The van der Waals surface area contributed by atoms with Gasteiger partial charge in [0.15, 0.2) is 0 Å². The van der Waals surface area contributed by atoms with Crippen molar-refractivity contribution in [2.45, 2.75) is 50.8 Å². The number of ether oxygens (including phenoxy) is 1. The maximum Gasteiger partial charge on any atom is 0.120 e. The summed E-state index contributed by atoms with van der Waals surface area (Å²) in [5.74, 6) is 0.864. The molecular formula is C15H22BrNO2. The number of aliphatic hydroxyl groups is 1. The molecule has 0 saturated heterocycles. The molecule has 0 amide bonds. The summed E-state index contributed by atoms with van der Waals surface area (Å²) in [5, 5.41) is 13.2. The molecule has 3 nitrogen and oxygen atoms in total. The van der Waals surface area contributed by atoms with Gasteiger partial charge in [-0.1, -0.05) is 22.0 Å². The van der Waals surface area contributed by atoms with E-state index >= 15 is 0 Å². The lowest BCUT2D eigenvalue weighted by atomic mass is 9.92. The smallest absolute Gasteiger partial charge is 0.120 e. The van der Waals surface area contributed by atoms with Crippen molar-refractivity contribution < 1.29 is 9.84 Å². The van der Waals surface area contributed by atoms with Crippen LogP contribution in [-0.4, -0.2) is 24.4 Å². The topological polar surface area (TPSA) is 41.5 Å². The van der Waals surface area contributed by atoms with Crippen LogP contribution in [0.2, 0.25) is 0 Å². The van der Waals surface area contributed by atoms with Gasteiger partial charge in [0, 0.05) is 16.6 Å². The Morgan fingerprint density at radius 2 is 2.00 bits per heavy atom. The molecule has 1 saturated carbocycles. The van der Waals surface area contributed by atoms with Gasteiger partial charge in [-0.25, -0.2) is 0 Å². The minimum atomic E-state index is -0.0962. The van der Waals surface area contributed by atoms with Crippen molar-refractivity contribution in [2.24, 2.45) is 0 Å². The molecule has 1 aromatic rings. The molecule has 1 atom stereocenters. The fourth-order valence-corrected chi connectivity index (χ4v) is 3.37. The number of methoxy groups -OCH3 is 1. The SMILES string of the molecule is COc1ccc([C@H](C)NC2CCC(O)CC2)c(Br)c1. The van der Waals surface area contributed by atoms with Crippen LogP contribution in [0.1, 0.15) is 44.2 Å². The lowest BCUT2D eigenvalue weighted by Gasteiger charge is -2.29. The average Bonchev–Trinajstić information content (AvgIpc) is 2.41. The first-order chi connectivity index (χ1) is 9.10. The van der Waals surface area contributed by atoms with Gasteiger partial charge < -0.3 is 15.2 Å². The Kier molecular flexibility index (Phi) is 5.25. The van der Waals surface area contributed by atoms with Crippen molar-refractivity contribution in [3.63, 3.8) is 0 Å². The lowest BCUT2D eigenvalue weighted by Crippen LogP contribution is -2.36. The Hall–Kier alpha value is -0.580. The van der Waals surface area contributed by atoms with Crippen LogP contribution in [0.3, 0.4) is 0 Å². The summed E-state index contributed by atoms with van der Waals surface area (Å²) in [5.41, 5.74) is 1.24. The molecular weight excluding hydrogens is 306 g/mol. The molecule has 0 spiro atoms. The first-order valence-corrected chi connectivity index (χ1v) is 7.67. The highest BCUT2D eigenvalue weighted by Gasteiger charge is 2.21. The van der Waals surface area contributed by atoms with Crippen molar-refractivity contribution in [1.82, 2.24) is 5.32 Å². The van der Waals surface area contributed by atoms with Crippen LogP contribution in [0, 0.1) is 0 Å². The molecule has 1 aromatic carbocycles. The zero-order valence-corrected chi connectivity index (χ0v) is 13.1. The van der Waals surface area contributed by atoms with Gasteiger partial charge in [0.1, 0.15) is 5.75 Å². The van der Waals surface area contributed by atoms with Crippen LogP contribution in [-0.2, 0) is 0 Å². The highest BCUT2D eigenvalue weighted by Crippen LogP contribution is 2.29. The first-order valence-electron chi connectivity index (χ1n) is 6.87. The van der Waals surface area contributed by atoms with Gasteiger partial charge in [-0.2, -0.15) is 0 Å². The highest BCUT2D eigenvalue weighted by molar-refractivity contribution is 9.10. The van der Waals surface area contributed by atoms with E-state index in [-0.39, 0.29) is 6.10 Å². The predicted molar refractivity (Wildman–Crippen MR) is 80.5 cm³/mol. The Labute approximate surface area is 123 Å². The van der Waals surface area contributed by atoms with Gasteiger partial charge in [-0.05, 0) is 50.3 Å². The van der Waals surface area contributed by atoms with Crippen LogP contribution >= 0.6 is 15.9 Å². The van der Waals surface area contributed by atoms with Crippen LogP contribution in [0.5, 0.6) is 5.75 Å². The van der Waals surface area contributed by atoms with E-state index in [9.17, 15) is 5.11 Å². The fourth-order valence-electron chi connectivity index (χ4n) is 2.67. The van der Waals surface area contributed by atoms with Crippen molar-refractivity contribution in [3.05, 3.63) is 28.2 Å². The van der Waals surface area contributed by atoms with E-state index in [2.05, 4.69) is 34.2 Å². The summed E-state index contributed by atoms with van der Waals surface area (Å²) < 4.78 is 6.29. The van der Waals surface area contributed by atoms with Gasteiger partial charge in [0.25, 0.3) is 0 Å². The fraction of sp³-hybridized carbons (Fsp3) is 0.600. The standard InChI is InChI=1S/C15H22BrNO2/c1-10(17-11-3-5-12(18)6-4-11)14-8-7-13(19-2)9-15(14)16/h7-12,17-18H,3-6H2,1-2H3/t10-,11?,12?/m0/s1. The summed E-state index contributed by atoms with van der Waals surface area (Å²) in [7, 11) is 1.68. The third-order valence-corrected chi connectivity index (χ3v) is 4.54. The molecule has 0 aromatic heterocycles. The molecule has 1 aliphatic carbocycles. The third kappa shape index (κ3) is 3.94. The molecule has 0 heterocycles. The largest absolute Gasteiger partial charge is 0.497 e. The summed E-state index contributed by atoms with van der Waals surface area (Å²) >= 11 is 3.60. The van der Waals surface area contributed by atoms with Crippen LogP contribution in [0.4, 0.5) is 0 Å². The maximum atomic E-state index is 9.53. The Morgan fingerprint density at radius 1 is 1.32 bits per heavy atom. The van der Waals surface area contributed by atoms with Crippen LogP contribution in [0.25, 0.3) is 0 Å². The number of hydrogen-bond donors (Lipinski definition) is 2. The average molecular weight is 328 g/mol. The number of hydrogen-bond acceptors (Lipinski definition) is 3. The molecule has 19 heavy (non-hydrogen) atoms. The normalized spacial score (nSPS) is 25.1. The molecule has 0 radical (unpaired) electrons. The molecule has 1 fully saturated rings. The van der Waals surface area contributed by atoms with E-state index < -0.39 is 0 Å². The van der Waals surface area contributed by atoms with E-state index in [1.807, 2.05) is 12.1 Å². The molecule has 2 rings (SSSR count). The quantitative estimate of drug-likeness (QED) is 0.890. The van der Waals surface area contributed by atoms with Gasteiger partial charge in [-0.15, -0.1) is 0 Å². The van der Waals surface area contributed by atoms with Crippen LogP contribution < -0.4 is 10.1 Å². The van der Waals surface area contributed by atoms with Gasteiger partial charge in [0.05, 0.1) is 13.2 Å². The van der Waals surface area contributed by atoms with E-state index in [0.29, 0.717) is 12.1 Å². The maximum absolute atomic E-state index is 9.53. The summed E-state index contributed by atoms with van der Waals surface area (Å²) in [6, 6.07) is 6.88. The van der Waals surface area contributed by atoms with Crippen LogP contribution in [0.15, 0.2) is 22.7 Å². The zero-order valence-electron chi connectivity index (χ0n) is 11.5. The highest BCUT2D eigenvalue weighted by atomic mass is 79.9. The van der Waals surface area contributed by atoms with E-state index in [1.54, 1.807) is 7.11 Å². The van der Waals surface area contributed by atoms with Gasteiger partial charge >= 0.3 is 0 Å². The molecule has 0 bridgehead atoms. The zero-order chi connectivity index (χ0) is 13.8. The summed E-state index contributed by atoms with van der Waals surface area (Å²) in [4.78, 5) is 0. The van der Waals surface area contributed by atoms with Crippen molar-refractivity contribution in [1.29, 1.82) is 0 Å². The van der Waals surface area contributed by atoms with Gasteiger partial charge in [-0.3, -0.25) is 0 Å². The van der Waals surface area contributed by atoms with E-state index in [4.69, 9.17) is 4.74 Å². The van der Waals surface area contributed by atoms with Crippen molar-refractivity contribution >= 4 is 15.9 Å². The molecule has 4 heteroatoms. The third-order valence-electron chi connectivity index (χ3n) is 3.86. The van der Waals surface area contributed by atoms with E-state index in [1.165, 1.54) is 5.56 Å². The number of halogens is 1. The number of benzene rings is 1. The Bertz CT molecular complexity index is 417. The number of nitrogens with one attached hydrogen (secondary N) is 1. The summed E-state index contributed by atoms with van der Waals surface area (Å²) in [6.07, 6.45) is 3.84. The molecule has 0 unspecified atom stereocenters. The predicted octanol–water partition coefficient (Wildman–Crippen LogP) is 3.41.